The second-order valence-electron chi connectivity index (χ2n) is 5.95. The summed E-state index contributed by atoms with van der Waals surface area (Å²) in [5.41, 5.74) is 0.378. The number of aryl methyl sites for hydroxylation is 1. The third-order valence-electron chi connectivity index (χ3n) is 3.87. The van der Waals surface area contributed by atoms with Gasteiger partial charge in [-0.05, 0) is 55.1 Å². The first kappa shape index (κ1) is 21.1. The van der Waals surface area contributed by atoms with Crippen molar-refractivity contribution >= 4 is 69.5 Å². The number of benzene rings is 1. The van der Waals surface area contributed by atoms with E-state index in [1.165, 1.54) is 36.6 Å². The Bertz CT molecular complexity index is 1050. The maximum atomic E-state index is 12.5. The summed E-state index contributed by atoms with van der Waals surface area (Å²) in [6.45, 7) is 1.50. The molecule has 0 atom stereocenters. The highest BCUT2D eigenvalue weighted by molar-refractivity contribution is 8.18. The molecule has 0 spiro atoms. The number of methoxy groups -OCH3 is 1. The van der Waals surface area contributed by atoms with E-state index in [0.29, 0.717) is 0 Å². The van der Waals surface area contributed by atoms with Gasteiger partial charge in [0.2, 0.25) is 5.91 Å². The van der Waals surface area contributed by atoms with Crippen molar-refractivity contribution in [1.29, 1.82) is 0 Å². The molecule has 1 N–H and O–H groups in total. The van der Waals surface area contributed by atoms with Crippen LogP contribution in [0.25, 0.3) is 6.08 Å². The van der Waals surface area contributed by atoms with Crippen LogP contribution in [0.4, 0.5) is 10.5 Å². The maximum absolute atomic E-state index is 12.5. The first-order valence-electron chi connectivity index (χ1n) is 8.28. The number of nitrogens with zero attached hydrogens (tertiary/aromatic N) is 1. The summed E-state index contributed by atoms with van der Waals surface area (Å²) < 4.78 is 4.63. The van der Waals surface area contributed by atoms with E-state index in [1.807, 2.05) is 19.1 Å². The van der Waals surface area contributed by atoms with E-state index in [-0.39, 0.29) is 21.2 Å². The number of rotatable bonds is 5. The van der Waals surface area contributed by atoms with Gasteiger partial charge in [-0.15, -0.1) is 11.3 Å². The van der Waals surface area contributed by atoms with Crippen LogP contribution in [0, 0.1) is 6.92 Å². The monoisotopic (exact) mass is 450 g/mol. The fraction of sp³-hybridized carbons (Fsp3) is 0.158. The fourth-order valence-electron chi connectivity index (χ4n) is 2.51. The van der Waals surface area contributed by atoms with Crippen molar-refractivity contribution in [2.75, 3.05) is 19.0 Å². The first-order valence-corrected chi connectivity index (χ1v) is 10.3. The van der Waals surface area contributed by atoms with Gasteiger partial charge in [-0.1, -0.05) is 11.6 Å². The smallest absolute Gasteiger partial charge is 0.339 e. The van der Waals surface area contributed by atoms with Crippen molar-refractivity contribution in [3.63, 3.8) is 0 Å². The summed E-state index contributed by atoms with van der Waals surface area (Å²) in [7, 11) is 1.22. The Morgan fingerprint density at radius 3 is 2.66 bits per heavy atom. The minimum absolute atomic E-state index is 0.0901. The van der Waals surface area contributed by atoms with Crippen LogP contribution in [-0.4, -0.2) is 41.6 Å². The van der Waals surface area contributed by atoms with E-state index in [1.54, 1.807) is 6.08 Å². The second-order valence-corrected chi connectivity index (χ2v) is 8.67. The van der Waals surface area contributed by atoms with Crippen molar-refractivity contribution < 1.29 is 23.9 Å². The number of amides is 3. The molecule has 0 saturated carbocycles. The molecule has 0 bridgehead atoms. The van der Waals surface area contributed by atoms with Crippen LogP contribution in [-0.2, 0) is 14.3 Å². The quantitative estimate of drug-likeness (QED) is 0.542. The minimum Gasteiger partial charge on any atom is -0.465 e. The first-order chi connectivity index (χ1) is 13.8. The van der Waals surface area contributed by atoms with Gasteiger partial charge in [0, 0.05) is 15.4 Å². The van der Waals surface area contributed by atoms with Crippen molar-refractivity contribution in [3.8, 4) is 0 Å². The molecule has 2 heterocycles. The van der Waals surface area contributed by atoms with Gasteiger partial charge in [-0.2, -0.15) is 0 Å². The largest absolute Gasteiger partial charge is 0.465 e. The van der Waals surface area contributed by atoms with Crippen LogP contribution in [0.15, 0.2) is 35.2 Å². The number of halogens is 1. The van der Waals surface area contributed by atoms with Gasteiger partial charge in [-0.25, -0.2) is 4.79 Å². The predicted molar refractivity (Wildman–Crippen MR) is 113 cm³/mol. The number of esters is 1. The lowest BCUT2D eigenvalue weighted by molar-refractivity contribution is -0.127. The average molecular weight is 451 g/mol. The Hall–Kier alpha value is -2.62. The molecule has 29 heavy (non-hydrogen) atoms. The fourth-order valence-corrected chi connectivity index (χ4v) is 4.43. The molecule has 3 amide bonds. The molecule has 0 aliphatic carbocycles. The Kier molecular flexibility index (Phi) is 6.41. The second kappa shape index (κ2) is 8.81. The average Bonchev–Trinajstić information content (AvgIpc) is 3.20. The highest BCUT2D eigenvalue weighted by Gasteiger charge is 2.36. The number of thiophene rings is 1. The lowest BCUT2D eigenvalue weighted by Gasteiger charge is -2.13. The number of nitrogens with one attached hydrogen (secondary N) is 1. The molecule has 150 valence electrons. The van der Waals surface area contributed by atoms with E-state index in [9.17, 15) is 19.2 Å². The molecule has 1 aromatic heterocycles. The Morgan fingerprint density at radius 2 is 2.00 bits per heavy atom. The molecule has 7 nitrogen and oxygen atoms in total. The van der Waals surface area contributed by atoms with Gasteiger partial charge in [0.1, 0.15) is 6.54 Å². The van der Waals surface area contributed by atoms with Gasteiger partial charge < -0.3 is 10.1 Å². The summed E-state index contributed by atoms with van der Waals surface area (Å²) in [6.07, 6.45) is 1.64. The lowest BCUT2D eigenvalue weighted by atomic mass is 10.2. The Morgan fingerprint density at radius 1 is 1.24 bits per heavy atom. The van der Waals surface area contributed by atoms with Gasteiger partial charge in [0.25, 0.3) is 11.1 Å². The summed E-state index contributed by atoms with van der Waals surface area (Å²) in [6, 6.07) is 8.08. The van der Waals surface area contributed by atoms with E-state index in [0.717, 1.165) is 26.4 Å². The molecular weight excluding hydrogens is 436 g/mol. The standard InChI is InChI=1S/C19H15ClN2O5S2/c1-10-3-5-12(28-10)8-15-17(24)22(19(26)29-15)9-16(23)21-11-4-6-14(20)13(7-11)18(25)27-2/h3-8H,9H2,1-2H3,(H,21,23)/b15-8+. The molecule has 10 heteroatoms. The predicted octanol–water partition coefficient (Wildman–Crippen LogP) is 4.17. The number of imide groups is 1. The van der Waals surface area contributed by atoms with Crippen LogP contribution < -0.4 is 5.32 Å². The van der Waals surface area contributed by atoms with Gasteiger partial charge in [0.05, 0.1) is 22.6 Å². The zero-order chi connectivity index (χ0) is 21.1. The number of thioether (sulfide) groups is 1. The molecule has 1 aliphatic heterocycles. The van der Waals surface area contributed by atoms with Crippen LogP contribution >= 0.6 is 34.7 Å². The Balaban J connectivity index is 1.69. The lowest BCUT2D eigenvalue weighted by Crippen LogP contribution is -2.36. The van der Waals surface area contributed by atoms with Crippen LogP contribution in [0.3, 0.4) is 0 Å². The molecule has 0 unspecified atom stereocenters. The van der Waals surface area contributed by atoms with Gasteiger partial charge >= 0.3 is 5.97 Å². The van der Waals surface area contributed by atoms with Crippen molar-refractivity contribution in [2.45, 2.75) is 6.92 Å². The Labute approximate surface area is 179 Å². The zero-order valence-electron chi connectivity index (χ0n) is 15.4. The summed E-state index contributed by atoms with van der Waals surface area (Å²) in [5, 5.41) is 2.20. The SMILES string of the molecule is COC(=O)c1cc(NC(=O)CN2C(=O)S/C(=C/c3ccc(C)s3)C2=O)ccc1Cl. The number of carbonyl (C=O) groups is 4. The zero-order valence-corrected chi connectivity index (χ0v) is 17.7. The topological polar surface area (TPSA) is 92.8 Å². The molecular formula is C19H15ClN2O5S2. The summed E-state index contributed by atoms with van der Waals surface area (Å²) in [4.78, 5) is 51.8. The van der Waals surface area contributed by atoms with Crippen LogP contribution in [0.5, 0.6) is 0 Å². The maximum Gasteiger partial charge on any atom is 0.339 e. The summed E-state index contributed by atoms with van der Waals surface area (Å²) >= 11 is 8.24. The molecule has 1 fully saturated rings. The van der Waals surface area contributed by atoms with Crippen LogP contribution in [0.2, 0.25) is 5.02 Å². The number of hydrogen-bond acceptors (Lipinski definition) is 7. The van der Waals surface area contributed by atoms with Crippen molar-refractivity contribution in [3.05, 3.63) is 55.6 Å². The normalized spacial score (nSPS) is 15.1. The number of ether oxygens (including phenoxy) is 1. The van der Waals surface area contributed by atoms with Gasteiger partial charge in [0.15, 0.2) is 0 Å². The summed E-state index contributed by atoms with van der Waals surface area (Å²) in [5.74, 6) is -1.75. The number of anilines is 1. The molecule has 1 saturated heterocycles. The van der Waals surface area contributed by atoms with E-state index in [4.69, 9.17) is 11.6 Å². The highest BCUT2D eigenvalue weighted by atomic mass is 35.5. The molecule has 1 aliphatic rings. The highest BCUT2D eigenvalue weighted by Crippen LogP contribution is 2.33. The van der Waals surface area contributed by atoms with E-state index < -0.39 is 29.6 Å². The van der Waals surface area contributed by atoms with E-state index in [2.05, 4.69) is 10.1 Å². The molecule has 0 radical (unpaired) electrons. The number of hydrogen-bond donors (Lipinski definition) is 1. The molecule has 2 aromatic rings. The van der Waals surface area contributed by atoms with Crippen molar-refractivity contribution in [2.24, 2.45) is 0 Å². The van der Waals surface area contributed by atoms with Crippen molar-refractivity contribution in [1.82, 2.24) is 4.90 Å². The minimum atomic E-state index is -0.647. The third kappa shape index (κ3) is 4.87. The molecule has 1 aromatic carbocycles. The van der Waals surface area contributed by atoms with Gasteiger partial charge in [-0.3, -0.25) is 19.3 Å². The number of carbonyl (C=O) groups excluding carboxylic acids is 4. The third-order valence-corrected chi connectivity index (χ3v) is 6.05. The molecule has 3 rings (SSSR count). The van der Waals surface area contributed by atoms with E-state index >= 15 is 0 Å². The van der Waals surface area contributed by atoms with Crippen LogP contribution in [0.1, 0.15) is 20.1 Å².